The molecular weight excluding hydrogens is 516 g/mol. The fraction of sp³-hybridized carbons (Fsp3) is 0.364. The molecule has 0 bridgehead atoms. The Morgan fingerprint density at radius 3 is 2.52 bits per heavy atom. The predicted octanol–water partition coefficient (Wildman–Crippen LogP) is 5.39. The van der Waals surface area contributed by atoms with Crippen molar-refractivity contribution < 1.29 is 9.59 Å². The number of pyridine rings is 1. The molecule has 2 saturated heterocycles. The molecule has 2 aromatic carbocycles. The molecule has 7 heteroatoms. The van der Waals surface area contributed by atoms with Gasteiger partial charge in [0, 0.05) is 56.1 Å². The summed E-state index contributed by atoms with van der Waals surface area (Å²) < 4.78 is 0. The van der Waals surface area contributed by atoms with Gasteiger partial charge < -0.3 is 14.7 Å². The SMILES string of the molecule is Cc1cccc(CN2C(=O)/C(=C/c3ccccc3)SC3CCC(C(=O)N4CCN(c5ccccn5)CC4)CC32)c1. The number of hydrogen-bond acceptors (Lipinski definition) is 5. The topological polar surface area (TPSA) is 56.8 Å². The first-order valence-electron chi connectivity index (χ1n) is 14.3. The maximum Gasteiger partial charge on any atom is 0.260 e. The van der Waals surface area contributed by atoms with Crippen molar-refractivity contribution in [3.05, 3.63) is 101 Å². The van der Waals surface area contributed by atoms with Gasteiger partial charge in [-0.25, -0.2) is 4.98 Å². The van der Waals surface area contributed by atoms with E-state index < -0.39 is 0 Å². The summed E-state index contributed by atoms with van der Waals surface area (Å²) in [6, 6.07) is 24.5. The molecule has 3 atom stereocenters. The van der Waals surface area contributed by atoms with E-state index in [1.807, 2.05) is 65.7 Å². The summed E-state index contributed by atoms with van der Waals surface area (Å²) in [5, 5.41) is 0.294. The molecule has 3 heterocycles. The Bertz CT molecular complexity index is 1370. The van der Waals surface area contributed by atoms with Gasteiger partial charge in [0.15, 0.2) is 0 Å². The predicted molar refractivity (Wildman–Crippen MR) is 162 cm³/mol. The van der Waals surface area contributed by atoms with Crippen LogP contribution >= 0.6 is 11.8 Å². The molecule has 3 aliphatic rings. The monoisotopic (exact) mass is 552 g/mol. The van der Waals surface area contributed by atoms with Crippen LogP contribution in [0.4, 0.5) is 5.82 Å². The van der Waals surface area contributed by atoms with Crippen molar-refractivity contribution in [3.63, 3.8) is 0 Å². The number of anilines is 1. The Kier molecular flexibility index (Phi) is 7.91. The first-order chi connectivity index (χ1) is 19.5. The van der Waals surface area contributed by atoms with E-state index in [1.165, 1.54) is 5.56 Å². The number of aryl methyl sites for hydroxylation is 1. The highest BCUT2D eigenvalue weighted by atomic mass is 32.2. The smallest absolute Gasteiger partial charge is 0.260 e. The Hall–Kier alpha value is -3.58. The second kappa shape index (κ2) is 11.9. The van der Waals surface area contributed by atoms with Gasteiger partial charge >= 0.3 is 0 Å². The van der Waals surface area contributed by atoms with E-state index in [-0.39, 0.29) is 23.8 Å². The number of rotatable bonds is 5. The highest BCUT2D eigenvalue weighted by molar-refractivity contribution is 8.04. The van der Waals surface area contributed by atoms with Gasteiger partial charge in [-0.1, -0.05) is 66.2 Å². The number of carbonyl (C=O) groups is 2. The molecule has 40 heavy (non-hydrogen) atoms. The lowest BCUT2D eigenvalue weighted by atomic mass is 9.83. The molecule has 3 aromatic rings. The minimum absolute atomic E-state index is 0.0449. The van der Waals surface area contributed by atoms with Gasteiger partial charge in [0.05, 0.1) is 4.91 Å². The van der Waals surface area contributed by atoms with E-state index in [9.17, 15) is 9.59 Å². The zero-order valence-corrected chi connectivity index (χ0v) is 23.8. The molecule has 206 valence electrons. The highest BCUT2D eigenvalue weighted by Crippen LogP contribution is 2.44. The normalized spacial score (nSPS) is 24.2. The molecular formula is C33H36N4O2S. The first-order valence-corrected chi connectivity index (χ1v) is 15.2. The van der Waals surface area contributed by atoms with Gasteiger partial charge in [-0.2, -0.15) is 0 Å². The van der Waals surface area contributed by atoms with Crippen molar-refractivity contribution in [1.82, 2.24) is 14.8 Å². The van der Waals surface area contributed by atoms with E-state index >= 15 is 0 Å². The number of amides is 2. The van der Waals surface area contributed by atoms with Gasteiger partial charge in [-0.3, -0.25) is 9.59 Å². The van der Waals surface area contributed by atoms with Gasteiger partial charge in [0.25, 0.3) is 5.91 Å². The van der Waals surface area contributed by atoms with Crippen LogP contribution in [0.15, 0.2) is 83.9 Å². The molecule has 1 saturated carbocycles. The van der Waals surface area contributed by atoms with Crippen LogP contribution in [-0.4, -0.2) is 64.1 Å². The molecule has 0 spiro atoms. The van der Waals surface area contributed by atoms with Gasteiger partial charge in [-0.05, 0) is 55.5 Å². The van der Waals surface area contributed by atoms with Crippen LogP contribution in [0.5, 0.6) is 0 Å². The lowest BCUT2D eigenvalue weighted by molar-refractivity contribution is -0.140. The van der Waals surface area contributed by atoms with E-state index in [1.54, 1.807) is 11.8 Å². The summed E-state index contributed by atoms with van der Waals surface area (Å²) in [6.45, 7) is 5.67. The van der Waals surface area contributed by atoms with Crippen molar-refractivity contribution in [2.75, 3.05) is 31.1 Å². The third kappa shape index (κ3) is 5.80. The minimum atomic E-state index is -0.0456. The summed E-state index contributed by atoms with van der Waals surface area (Å²) in [4.78, 5) is 39.3. The fourth-order valence-electron chi connectivity index (χ4n) is 6.26. The maximum absolute atomic E-state index is 14.0. The van der Waals surface area contributed by atoms with E-state index in [0.717, 1.165) is 54.2 Å². The Morgan fingerprint density at radius 1 is 0.975 bits per heavy atom. The summed E-state index contributed by atoms with van der Waals surface area (Å²) >= 11 is 1.71. The van der Waals surface area contributed by atoms with Crippen LogP contribution in [0.1, 0.15) is 36.0 Å². The Labute approximate surface area is 241 Å². The first kappa shape index (κ1) is 26.6. The maximum atomic E-state index is 14.0. The van der Waals surface area contributed by atoms with Crippen molar-refractivity contribution in [3.8, 4) is 0 Å². The second-order valence-corrected chi connectivity index (χ2v) is 12.4. The van der Waals surface area contributed by atoms with Crippen molar-refractivity contribution in [2.24, 2.45) is 5.92 Å². The van der Waals surface area contributed by atoms with Crippen LogP contribution in [0.25, 0.3) is 6.08 Å². The molecule has 0 radical (unpaired) electrons. The number of aromatic nitrogens is 1. The molecule has 2 amide bonds. The molecule has 0 N–H and O–H groups in total. The molecule has 6 rings (SSSR count). The van der Waals surface area contributed by atoms with Gasteiger partial charge in [0.1, 0.15) is 5.82 Å². The van der Waals surface area contributed by atoms with Crippen LogP contribution in [0.3, 0.4) is 0 Å². The Balaban J connectivity index is 1.19. The standard InChI is InChI=1S/C33H36N4O2S/c1-24-8-7-11-26(20-24)23-37-28-22-27(32(38)36-18-16-35(17-19-36)31-12-5-6-15-34-31)13-14-29(28)40-30(33(37)39)21-25-9-3-2-4-10-25/h2-12,15,20-21,27-29H,13-14,16-19,22-23H2,1H3/b30-21-. The van der Waals surface area contributed by atoms with Crippen molar-refractivity contribution in [1.29, 1.82) is 0 Å². The van der Waals surface area contributed by atoms with E-state index in [0.29, 0.717) is 24.9 Å². The zero-order chi connectivity index (χ0) is 27.5. The largest absolute Gasteiger partial charge is 0.353 e. The molecule has 1 aliphatic carbocycles. The molecule has 1 aromatic heterocycles. The summed E-state index contributed by atoms with van der Waals surface area (Å²) in [7, 11) is 0. The Morgan fingerprint density at radius 2 is 1.77 bits per heavy atom. The van der Waals surface area contributed by atoms with Gasteiger partial charge in [-0.15, -0.1) is 11.8 Å². The molecule has 2 aliphatic heterocycles. The number of carbonyl (C=O) groups excluding carboxylic acids is 2. The molecule has 3 fully saturated rings. The van der Waals surface area contributed by atoms with E-state index in [2.05, 4.69) is 46.0 Å². The number of thioether (sulfide) groups is 1. The average Bonchev–Trinajstić information content (AvgIpc) is 3.00. The third-order valence-electron chi connectivity index (χ3n) is 8.35. The zero-order valence-electron chi connectivity index (χ0n) is 23.0. The van der Waals surface area contributed by atoms with Crippen molar-refractivity contribution in [2.45, 2.75) is 44.0 Å². The summed E-state index contributed by atoms with van der Waals surface area (Å²) in [6.07, 6.45) is 6.39. The number of fused-ring (bicyclic) bond motifs is 1. The van der Waals surface area contributed by atoms with E-state index in [4.69, 9.17) is 0 Å². The number of benzene rings is 2. The second-order valence-electron chi connectivity index (χ2n) is 11.1. The molecule has 3 unspecified atom stereocenters. The highest BCUT2D eigenvalue weighted by Gasteiger charge is 2.45. The third-order valence-corrected chi connectivity index (χ3v) is 9.75. The van der Waals surface area contributed by atoms with Crippen LogP contribution in [-0.2, 0) is 16.1 Å². The van der Waals surface area contributed by atoms with Gasteiger partial charge in [0.2, 0.25) is 5.91 Å². The van der Waals surface area contributed by atoms with Crippen molar-refractivity contribution >= 4 is 35.5 Å². The average molecular weight is 553 g/mol. The van der Waals surface area contributed by atoms with Crippen LogP contribution < -0.4 is 4.90 Å². The summed E-state index contributed by atoms with van der Waals surface area (Å²) in [5.41, 5.74) is 3.37. The number of piperazine rings is 1. The number of nitrogens with zero attached hydrogens (tertiary/aromatic N) is 4. The quantitative estimate of drug-likeness (QED) is 0.397. The summed E-state index contributed by atoms with van der Waals surface area (Å²) in [5.74, 6) is 1.25. The van der Waals surface area contributed by atoms with Crippen LogP contribution in [0.2, 0.25) is 0 Å². The minimum Gasteiger partial charge on any atom is -0.353 e. The lowest BCUT2D eigenvalue weighted by Gasteiger charge is -2.47. The fourth-order valence-corrected chi connectivity index (χ4v) is 7.68. The lowest BCUT2D eigenvalue weighted by Crippen LogP contribution is -2.55. The van der Waals surface area contributed by atoms with Crippen LogP contribution in [0, 0.1) is 12.8 Å². The molecule has 6 nitrogen and oxygen atoms in total. The number of hydrogen-bond donors (Lipinski definition) is 0.